The van der Waals surface area contributed by atoms with E-state index in [1.165, 1.54) is 0 Å². The average Bonchev–Trinajstić information content (AvgIpc) is 2.68. The zero-order valence-corrected chi connectivity index (χ0v) is 16.5. The fourth-order valence-corrected chi connectivity index (χ4v) is 3.84. The van der Waals surface area contributed by atoms with Crippen molar-refractivity contribution in [3.8, 4) is 5.69 Å². The molecular weight excluding hydrogens is 372 g/mol. The molecule has 142 valence electrons. The number of nitrogens with zero attached hydrogens (tertiary/aromatic N) is 3. The van der Waals surface area contributed by atoms with Gasteiger partial charge in [-0.2, -0.15) is 4.98 Å². The first-order valence-corrected chi connectivity index (χ1v) is 9.47. The maximum Gasteiger partial charge on any atom is 0.355 e. The maximum atomic E-state index is 12.8. The van der Waals surface area contributed by atoms with Gasteiger partial charge in [-0.3, -0.25) is 0 Å². The molecule has 0 spiro atoms. The number of rotatable bonds is 4. The summed E-state index contributed by atoms with van der Waals surface area (Å²) in [5.74, 6) is 0.576. The third-order valence-electron chi connectivity index (χ3n) is 4.70. The van der Waals surface area contributed by atoms with E-state index in [-0.39, 0.29) is 11.1 Å². The monoisotopic (exact) mass is 392 g/mol. The molecule has 1 aliphatic heterocycles. The largest absolute Gasteiger partial charge is 0.355 e. The van der Waals surface area contributed by atoms with E-state index in [0.29, 0.717) is 12.4 Å². The molecule has 0 bridgehead atoms. The number of fused-ring (bicyclic) bond motifs is 1. The number of nitrogens with one attached hydrogen (secondary N) is 1. The summed E-state index contributed by atoms with van der Waals surface area (Å²) < 4.78 is 1.60. The number of halogens is 1. The normalized spacial score (nSPS) is 15.7. The van der Waals surface area contributed by atoms with Gasteiger partial charge in [0.25, 0.3) is 0 Å². The Morgan fingerprint density at radius 3 is 2.36 bits per heavy atom. The Hall–Kier alpha value is -2.89. The van der Waals surface area contributed by atoms with Crippen molar-refractivity contribution >= 4 is 17.4 Å². The second kappa shape index (κ2) is 7.62. The SMILES string of the molecule is CN(C)CC1=CC(c2ccccc2)c2c(Cl)nc(=O)n(-c3ccccc3)c2N1. The Kier molecular flexibility index (Phi) is 5.03. The van der Waals surface area contributed by atoms with Crippen LogP contribution < -0.4 is 11.0 Å². The third-order valence-corrected chi connectivity index (χ3v) is 4.99. The van der Waals surface area contributed by atoms with Crippen LogP contribution in [0.15, 0.2) is 77.2 Å². The highest BCUT2D eigenvalue weighted by Crippen LogP contribution is 2.40. The fourth-order valence-electron chi connectivity index (χ4n) is 3.56. The van der Waals surface area contributed by atoms with Gasteiger partial charge in [-0.25, -0.2) is 9.36 Å². The maximum absolute atomic E-state index is 12.8. The van der Waals surface area contributed by atoms with Crippen LogP contribution in [0.3, 0.4) is 0 Å². The summed E-state index contributed by atoms with van der Waals surface area (Å²) in [5, 5.41) is 3.67. The molecule has 0 radical (unpaired) electrons. The highest BCUT2D eigenvalue weighted by atomic mass is 35.5. The zero-order chi connectivity index (χ0) is 19.7. The molecule has 1 aliphatic rings. The van der Waals surface area contributed by atoms with Crippen molar-refractivity contribution in [1.29, 1.82) is 0 Å². The number of anilines is 1. The van der Waals surface area contributed by atoms with Gasteiger partial charge in [0.15, 0.2) is 0 Å². The summed E-state index contributed by atoms with van der Waals surface area (Å²) in [6.07, 6.45) is 2.16. The molecule has 1 aromatic heterocycles. The molecule has 5 nitrogen and oxygen atoms in total. The zero-order valence-electron chi connectivity index (χ0n) is 15.8. The molecule has 0 saturated heterocycles. The van der Waals surface area contributed by atoms with Gasteiger partial charge >= 0.3 is 5.69 Å². The number of hydrogen-bond acceptors (Lipinski definition) is 4. The lowest BCUT2D eigenvalue weighted by molar-refractivity contribution is 0.444. The number of benzene rings is 2. The summed E-state index contributed by atoms with van der Waals surface area (Å²) in [6.45, 7) is 0.714. The molecule has 2 aromatic carbocycles. The van der Waals surface area contributed by atoms with Gasteiger partial charge in [0, 0.05) is 23.7 Å². The predicted molar refractivity (Wildman–Crippen MR) is 113 cm³/mol. The smallest absolute Gasteiger partial charge is 0.343 e. The summed E-state index contributed by atoms with van der Waals surface area (Å²) >= 11 is 6.50. The standard InChI is InChI=1S/C22H21ClN4O/c1-26(2)14-16-13-18(15-9-5-3-6-10-15)19-20(23)25-22(28)27(21(19)24-16)17-11-7-4-8-12-17/h3-13,18,24H,14H2,1-2H3. The minimum Gasteiger partial charge on any atom is -0.343 e. The highest BCUT2D eigenvalue weighted by Gasteiger charge is 2.29. The lowest BCUT2D eigenvalue weighted by Gasteiger charge is -2.30. The van der Waals surface area contributed by atoms with E-state index in [0.717, 1.165) is 22.5 Å². The lowest BCUT2D eigenvalue weighted by atomic mass is 9.89. The number of aromatic nitrogens is 2. The van der Waals surface area contributed by atoms with Gasteiger partial charge in [-0.15, -0.1) is 0 Å². The quantitative estimate of drug-likeness (QED) is 0.684. The summed E-state index contributed by atoms with van der Waals surface area (Å²) in [4.78, 5) is 19.0. The molecule has 1 unspecified atom stereocenters. The topological polar surface area (TPSA) is 50.2 Å². The Morgan fingerprint density at radius 2 is 1.71 bits per heavy atom. The van der Waals surface area contributed by atoms with Crippen LogP contribution in [0.5, 0.6) is 0 Å². The van der Waals surface area contributed by atoms with Crippen molar-refractivity contribution < 1.29 is 0 Å². The second-order valence-corrected chi connectivity index (χ2v) is 7.42. The van der Waals surface area contributed by atoms with Gasteiger partial charge in [-0.1, -0.05) is 66.2 Å². The van der Waals surface area contributed by atoms with Crippen LogP contribution in [0.4, 0.5) is 5.82 Å². The first-order valence-electron chi connectivity index (χ1n) is 9.10. The van der Waals surface area contributed by atoms with Crippen molar-refractivity contribution in [2.24, 2.45) is 0 Å². The van der Waals surface area contributed by atoms with Crippen molar-refractivity contribution in [2.75, 3.05) is 26.0 Å². The van der Waals surface area contributed by atoms with Crippen LogP contribution in [0.2, 0.25) is 5.15 Å². The molecule has 4 rings (SSSR count). The van der Waals surface area contributed by atoms with Crippen LogP contribution in [0.1, 0.15) is 17.0 Å². The molecule has 6 heteroatoms. The Balaban J connectivity index is 1.97. The van der Waals surface area contributed by atoms with E-state index in [9.17, 15) is 4.79 Å². The molecule has 3 aromatic rings. The number of para-hydroxylation sites is 1. The minimum absolute atomic E-state index is 0.0945. The van der Waals surface area contributed by atoms with Gasteiger partial charge in [0.1, 0.15) is 11.0 Å². The first kappa shape index (κ1) is 18.5. The predicted octanol–water partition coefficient (Wildman–Crippen LogP) is 3.89. The van der Waals surface area contributed by atoms with E-state index >= 15 is 0 Å². The Labute approximate surface area is 168 Å². The van der Waals surface area contributed by atoms with E-state index in [2.05, 4.69) is 33.4 Å². The number of hydrogen-bond donors (Lipinski definition) is 1. The van der Waals surface area contributed by atoms with Gasteiger partial charge in [0.2, 0.25) is 0 Å². The molecule has 0 amide bonds. The van der Waals surface area contributed by atoms with Gasteiger partial charge in [-0.05, 0) is 31.8 Å². The van der Waals surface area contributed by atoms with Crippen LogP contribution in [0, 0.1) is 0 Å². The van der Waals surface area contributed by atoms with Crippen LogP contribution in [-0.4, -0.2) is 35.1 Å². The molecule has 0 fully saturated rings. The summed E-state index contributed by atoms with van der Waals surface area (Å²) in [5.41, 5.74) is 3.26. The van der Waals surface area contributed by atoms with Crippen molar-refractivity contribution in [3.63, 3.8) is 0 Å². The van der Waals surface area contributed by atoms with E-state index in [1.807, 2.05) is 62.6 Å². The molecule has 28 heavy (non-hydrogen) atoms. The number of likely N-dealkylation sites (N-methyl/N-ethyl adjacent to an activating group) is 1. The first-order chi connectivity index (χ1) is 13.5. The summed E-state index contributed by atoms with van der Waals surface area (Å²) in [7, 11) is 4.03. The van der Waals surface area contributed by atoms with Crippen molar-refractivity contribution in [3.05, 3.63) is 99.2 Å². The molecule has 1 atom stereocenters. The van der Waals surface area contributed by atoms with E-state index in [4.69, 9.17) is 11.6 Å². The van der Waals surface area contributed by atoms with E-state index in [1.54, 1.807) is 4.57 Å². The van der Waals surface area contributed by atoms with Crippen LogP contribution in [0.25, 0.3) is 5.69 Å². The van der Waals surface area contributed by atoms with Gasteiger partial charge < -0.3 is 10.2 Å². The molecular formula is C22H21ClN4O. The number of allylic oxidation sites excluding steroid dienone is 1. The van der Waals surface area contributed by atoms with Crippen LogP contribution in [-0.2, 0) is 0 Å². The fraction of sp³-hybridized carbons (Fsp3) is 0.182. The Morgan fingerprint density at radius 1 is 1.07 bits per heavy atom. The molecule has 1 N–H and O–H groups in total. The molecule has 0 saturated carbocycles. The minimum atomic E-state index is -0.402. The average molecular weight is 393 g/mol. The molecule has 2 heterocycles. The van der Waals surface area contributed by atoms with Crippen LogP contribution >= 0.6 is 11.6 Å². The highest BCUT2D eigenvalue weighted by molar-refractivity contribution is 6.30. The molecule has 0 aliphatic carbocycles. The lowest BCUT2D eigenvalue weighted by Crippen LogP contribution is -2.31. The van der Waals surface area contributed by atoms with Crippen molar-refractivity contribution in [1.82, 2.24) is 14.5 Å². The summed E-state index contributed by atoms with van der Waals surface area (Å²) in [6, 6.07) is 19.6. The third kappa shape index (κ3) is 3.46. The van der Waals surface area contributed by atoms with Gasteiger partial charge in [0.05, 0.1) is 5.69 Å². The van der Waals surface area contributed by atoms with Crippen molar-refractivity contribution in [2.45, 2.75) is 5.92 Å². The van der Waals surface area contributed by atoms with E-state index < -0.39 is 5.69 Å². The Bertz CT molecular complexity index is 1070. The second-order valence-electron chi connectivity index (χ2n) is 7.06.